The van der Waals surface area contributed by atoms with Crippen molar-refractivity contribution in [3.8, 4) is 5.75 Å². The number of nitrogens with one attached hydrogen (secondary N) is 1. The Bertz CT molecular complexity index is 1140. The molecule has 0 aliphatic carbocycles. The van der Waals surface area contributed by atoms with Crippen LogP contribution in [-0.4, -0.2) is 65.9 Å². The maximum absolute atomic E-state index is 14.0. The van der Waals surface area contributed by atoms with Gasteiger partial charge in [0.25, 0.3) is 0 Å². The van der Waals surface area contributed by atoms with Gasteiger partial charge in [-0.3, -0.25) is 14.4 Å². The van der Waals surface area contributed by atoms with Crippen LogP contribution < -0.4 is 10.1 Å². The van der Waals surface area contributed by atoms with Crippen LogP contribution in [0.15, 0.2) is 54.6 Å². The Morgan fingerprint density at radius 1 is 1.19 bits per heavy atom. The van der Waals surface area contributed by atoms with E-state index in [1.165, 1.54) is 4.90 Å². The number of aliphatic hydroxyl groups excluding tert-OH is 1. The molecule has 9 nitrogen and oxygen atoms in total. The highest BCUT2D eigenvalue weighted by atomic mass is 16.6. The second-order valence-electron chi connectivity index (χ2n) is 9.38. The summed E-state index contributed by atoms with van der Waals surface area (Å²) in [5.74, 6) is -2.31. The van der Waals surface area contributed by atoms with E-state index in [4.69, 9.17) is 14.2 Å². The van der Waals surface area contributed by atoms with Crippen molar-refractivity contribution in [1.82, 2.24) is 4.90 Å². The summed E-state index contributed by atoms with van der Waals surface area (Å²) in [6.45, 7) is 1.51. The Labute approximate surface area is 209 Å². The van der Waals surface area contributed by atoms with E-state index >= 15 is 0 Å². The van der Waals surface area contributed by atoms with E-state index in [0.29, 0.717) is 29.8 Å². The maximum Gasteiger partial charge on any atom is 0.312 e. The van der Waals surface area contributed by atoms with E-state index in [1.54, 1.807) is 50.4 Å². The Morgan fingerprint density at radius 2 is 1.92 bits per heavy atom. The second-order valence-corrected chi connectivity index (χ2v) is 9.38. The molecule has 3 saturated heterocycles. The summed E-state index contributed by atoms with van der Waals surface area (Å²) in [5, 5.41) is 13.3. The summed E-state index contributed by atoms with van der Waals surface area (Å²) in [7, 11) is 1.56. The van der Waals surface area contributed by atoms with Gasteiger partial charge in [-0.2, -0.15) is 0 Å². The van der Waals surface area contributed by atoms with E-state index in [9.17, 15) is 19.5 Å². The zero-order valence-corrected chi connectivity index (χ0v) is 20.3. The van der Waals surface area contributed by atoms with Crippen LogP contribution in [0.25, 0.3) is 0 Å². The average molecular weight is 495 g/mol. The molecule has 2 aromatic rings. The number of fused-ring (bicyclic) bond motifs is 1. The minimum Gasteiger partial charge on any atom is -0.497 e. The van der Waals surface area contributed by atoms with Gasteiger partial charge < -0.3 is 29.5 Å². The summed E-state index contributed by atoms with van der Waals surface area (Å²) >= 11 is 0. The molecule has 190 valence electrons. The fourth-order valence-electron chi connectivity index (χ4n) is 6.15. The topological polar surface area (TPSA) is 114 Å². The van der Waals surface area contributed by atoms with Gasteiger partial charge in [-0.15, -0.1) is 0 Å². The highest BCUT2D eigenvalue weighted by Crippen LogP contribution is 2.59. The molecule has 36 heavy (non-hydrogen) atoms. The van der Waals surface area contributed by atoms with Crippen LogP contribution in [0.2, 0.25) is 0 Å². The predicted molar refractivity (Wildman–Crippen MR) is 129 cm³/mol. The molecule has 0 aromatic heterocycles. The molecule has 6 atom stereocenters. The molecular formula is C27H30N2O7. The monoisotopic (exact) mass is 494 g/mol. The van der Waals surface area contributed by atoms with E-state index < -0.39 is 54.1 Å². The number of hydrogen-bond donors (Lipinski definition) is 2. The van der Waals surface area contributed by atoms with Gasteiger partial charge >= 0.3 is 5.97 Å². The Hall–Kier alpha value is -3.43. The first-order chi connectivity index (χ1) is 17.4. The van der Waals surface area contributed by atoms with Crippen LogP contribution in [0.1, 0.15) is 31.4 Å². The standard InChI is InChI=1S/C27H30N2O7/c1-3-35-26(33)21-20-13-14-27(36-20)22(21)25(32)29(19(15-30)16-7-5-4-6-8-16)23(27)24(31)28-17-9-11-18(34-2)12-10-17/h4-12,19-23,30H,3,13-15H2,1-2H3,(H,28,31)/t19-,20-,21+,22+,23?,27?/m1/s1. The predicted octanol–water partition coefficient (Wildman–Crippen LogP) is 2.30. The largest absolute Gasteiger partial charge is 0.497 e. The molecule has 3 aliphatic rings. The molecule has 3 aliphatic heterocycles. The molecule has 5 rings (SSSR count). The number of benzene rings is 2. The molecule has 3 fully saturated rings. The molecule has 3 heterocycles. The molecule has 2 amide bonds. The first kappa shape index (κ1) is 24.3. The van der Waals surface area contributed by atoms with Crippen LogP contribution in [-0.2, 0) is 23.9 Å². The fraction of sp³-hybridized carbons (Fsp3) is 0.444. The molecule has 9 heteroatoms. The minimum atomic E-state index is -1.18. The summed E-state index contributed by atoms with van der Waals surface area (Å²) in [5.41, 5.74) is 0.0368. The van der Waals surface area contributed by atoms with Crippen LogP contribution >= 0.6 is 0 Å². The lowest BCUT2D eigenvalue weighted by atomic mass is 9.70. The molecule has 0 saturated carbocycles. The van der Waals surface area contributed by atoms with Gasteiger partial charge in [0.15, 0.2) is 0 Å². The van der Waals surface area contributed by atoms with Crippen molar-refractivity contribution in [3.63, 3.8) is 0 Å². The van der Waals surface area contributed by atoms with E-state index in [2.05, 4.69) is 5.32 Å². The third-order valence-corrected chi connectivity index (χ3v) is 7.60. The quantitative estimate of drug-likeness (QED) is 0.541. The number of ether oxygens (including phenoxy) is 3. The summed E-state index contributed by atoms with van der Waals surface area (Å²) < 4.78 is 16.9. The lowest BCUT2D eigenvalue weighted by Crippen LogP contribution is -2.54. The van der Waals surface area contributed by atoms with Crippen LogP contribution in [0, 0.1) is 11.8 Å². The zero-order valence-electron chi connectivity index (χ0n) is 20.3. The minimum absolute atomic E-state index is 0.185. The molecule has 2 bridgehead atoms. The van der Waals surface area contributed by atoms with Crippen molar-refractivity contribution in [1.29, 1.82) is 0 Å². The number of carbonyl (C=O) groups excluding carboxylic acids is 3. The van der Waals surface area contributed by atoms with Gasteiger partial charge in [-0.25, -0.2) is 0 Å². The number of rotatable bonds is 8. The molecule has 0 radical (unpaired) electrons. The van der Waals surface area contributed by atoms with E-state index in [1.807, 2.05) is 18.2 Å². The Morgan fingerprint density at radius 3 is 2.56 bits per heavy atom. The van der Waals surface area contributed by atoms with E-state index in [0.717, 1.165) is 0 Å². The number of amides is 2. The number of methoxy groups -OCH3 is 1. The first-order valence-electron chi connectivity index (χ1n) is 12.2. The number of likely N-dealkylation sites (tertiary alicyclic amines) is 1. The van der Waals surface area contributed by atoms with Crippen molar-refractivity contribution < 1.29 is 33.7 Å². The second kappa shape index (κ2) is 9.55. The van der Waals surface area contributed by atoms with Gasteiger partial charge in [-0.1, -0.05) is 30.3 Å². The highest BCUT2D eigenvalue weighted by Gasteiger charge is 2.75. The third-order valence-electron chi connectivity index (χ3n) is 7.60. The summed E-state index contributed by atoms with van der Waals surface area (Å²) in [6, 6.07) is 14.1. The van der Waals surface area contributed by atoms with Gasteiger partial charge in [0.1, 0.15) is 17.4 Å². The van der Waals surface area contributed by atoms with Crippen molar-refractivity contribution >= 4 is 23.5 Å². The smallest absolute Gasteiger partial charge is 0.312 e. The number of esters is 1. The van der Waals surface area contributed by atoms with Crippen molar-refractivity contribution in [2.24, 2.45) is 11.8 Å². The average Bonchev–Trinajstić information content (AvgIpc) is 3.53. The summed E-state index contributed by atoms with van der Waals surface area (Å²) in [4.78, 5) is 42.3. The lowest BCUT2D eigenvalue weighted by molar-refractivity contribution is -0.155. The zero-order chi connectivity index (χ0) is 25.4. The number of nitrogens with zero attached hydrogens (tertiary/aromatic N) is 1. The van der Waals surface area contributed by atoms with Crippen molar-refractivity contribution in [3.05, 3.63) is 60.2 Å². The van der Waals surface area contributed by atoms with Gasteiger partial charge in [-0.05, 0) is 49.6 Å². The molecule has 2 aromatic carbocycles. The number of anilines is 1. The fourth-order valence-corrected chi connectivity index (χ4v) is 6.15. The molecule has 2 N–H and O–H groups in total. The molecular weight excluding hydrogens is 464 g/mol. The number of carbonyl (C=O) groups is 3. The van der Waals surface area contributed by atoms with Gasteiger partial charge in [0.05, 0.1) is 44.3 Å². The number of hydrogen-bond acceptors (Lipinski definition) is 7. The molecule has 1 spiro atoms. The van der Waals surface area contributed by atoms with Crippen LogP contribution in [0.5, 0.6) is 5.75 Å². The third kappa shape index (κ3) is 3.74. The number of aliphatic hydroxyl groups is 1. The van der Waals surface area contributed by atoms with Crippen LogP contribution in [0.3, 0.4) is 0 Å². The molecule has 2 unspecified atom stereocenters. The van der Waals surface area contributed by atoms with Crippen molar-refractivity contribution in [2.75, 3.05) is 25.6 Å². The Kier molecular flexibility index (Phi) is 6.44. The SMILES string of the molecule is CCOC(=O)[C@@H]1[C@H]2C(=O)N([C@H](CO)c3ccccc3)C(C(=O)Nc3ccc(OC)cc3)C23CC[C@H]1O3. The van der Waals surface area contributed by atoms with E-state index in [-0.39, 0.29) is 12.5 Å². The highest BCUT2D eigenvalue weighted by molar-refractivity contribution is 6.03. The lowest BCUT2D eigenvalue weighted by Gasteiger charge is -2.36. The first-order valence-corrected chi connectivity index (χ1v) is 12.2. The van der Waals surface area contributed by atoms with Crippen LogP contribution in [0.4, 0.5) is 5.69 Å². The van der Waals surface area contributed by atoms with Crippen molar-refractivity contribution in [2.45, 2.75) is 43.6 Å². The van der Waals surface area contributed by atoms with Gasteiger partial charge in [0.2, 0.25) is 11.8 Å². The normalized spacial score (nSPS) is 29.1. The Balaban J connectivity index is 1.56. The maximum atomic E-state index is 14.0. The summed E-state index contributed by atoms with van der Waals surface area (Å²) in [6.07, 6.45) is 0.511. The van der Waals surface area contributed by atoms with Gasteiger partial charge in [0, 0.05) is 5.69 Å².